The van der Waals surface area contributed by atoms with E-state index in [1.165, 1.54) is 12.1 Å². The summed E-state index contributed by atoms with van der Waals surface area (Å²) in [5.41, 5.74) is -0.0499. The van der Waals surface area contributed by atoms with E-state index in [1.807, 2.05) is 13.8 Å². The number of nitrogens with zero attached hydrogens (tertiary/aromatic N) is 2. The molecular formula is C17H18FN3O4. The van der Waals surface area contributed by atoms with Crippen molar-refractivity contribution < 1.29 is 14.1 Å². The Labute approximate surface area is 143 Å². The summed E-state index contributed by atoms with van der Waals surface area (Å²) >= 11 is 0. The lowest BCUT2D eigenvalue weighted by Gasteiger charge is -2.23. The Balaban J connectivity index is 2.17. The number of amides is 1. The monoisotopic (exact) mass is 347 g/mol. The molecule has 0 aliphatic carbocycles. The molecule has 2 rings (SSSR count). The van der Waals surface area contributed by atoms with Crippen LogP contribution in [-0.4, -0.2) is 15.4 Å². The number of benzene rings is 1. The molecule has 132 valence electrons. The zero-order valence-corrected chi connectivity index (χ0v) is 13.8. The number of aromatic nitrogens is 1. The predicted octanol–water partition coefficient (Wildman–Crippen LogP) is 2.41. The standard InChI is InChI=1S/C17H18FN3O4/c1-11(2)17(12-3-5-13(18)6-4-12)19-15(22)10-20-9-14(21(24)25)7-8-16(20)23/h3-9,11,17H,10H2,1-2H3,(H,19,22). The van der Waals surface area contributed by atoms with Crippen LogP contribution in [-0.2, 0) is 11.3 Å². The molecule has 0 radical (unpaired) electrons. The lowest BCUT2D eigenvalue weighted by atomic mass is 9.96. The summed E-state index contributed by atoms with van der Waals surface area (Å²) in [6.07, 6.45) is 1.03. The van der Waals surface area contributed by atoms with Gasteiger partial charge in [-0.25, -0.2) is 4.39 Å². The van der Waals surface area contributed by atoms with Gasteiger partial charge < -0.3 is 5.32 Å². The highest BCUT2D eigenvalue weighted by Crippen LogP contribution is 2.21. The number of pyridine rings is 1. The van der Waals surface area contributed by atoms with Crippen molar-refractivity contribution in [2.24, 2.45) is 5.92 Å². The van der Waals surface area contributed by atoms with Crippen LogP contribution in [0.1, 0.15) is 25.5 Å². The van der Waals surface area contributed by atoms with Crippen molar-refractivity contribution in [3.63, 3.8) is 0 Å². The molecular weight excluding hydrogens is 329 g/mol. The van der Waals surface area contributed by atoms with E-state index in [-0.39, 0.29) is 30.0 Å². The molecule has 7 nitrogen and oxygen atoms in total. The number of halogens is 1. The molecule has 0 fully saturated rings. The van der Waals surface area contributed by atoms with Gasteiger partial charge in [0.1, 0.15) is 12.4 Å². The molecule has 0 saturated carbocycles. The van der Waals surface area contributed by atoms with Crippen LogP contribution in [0, 0.1) is 21.8 Å². The van der Waals surface area contributed by atoms with Crippen molar-refractivity contribution in [1.82, 2.24) is 9.88 Å². The fraction of sp³-hybridized carbons (Fsp3) is 0.294. The van der Waals surface area contributed by atoms with E-state index >= 15 is 0 Å². The Morgan fingerprint density at radius 1 is 1.24 bits per heavy atom. The van der Waals surface area contributed by atoms with Crippen molar-refractivity contribution in [1.29, 1.82) is 0 Å². The van der Waals surface area contributed by atoms with Crippen molar-refractivity contribution in [2.75, 3.05) is 0 Å². The molecule has 1 heterocycles. The maximum atomic E-state index is 13.1. The summed E-state index contributed by atoms with van der Waals surface area (Å²) in [7, 11) is 0. The second-order valence-corrected chi connectivity index (χ2v) is 5.95. The van der Waals surface area contributed by atoms with Crippen LogP contribution >= 0.6 is 0 Å². The van der Waals surface area contributed by atoms with Gasteiger partial charge in [0.15, 0.2) is 0 Å². The number of hydrogen-bond donors (Lipinski definition) is 1. The fourth-order valence-corrected chi connectivity index (χ4v) is 2.43. The van der Waals surface area contributed by atoms with Gasteiger partial charge in [-0.05, 0) is 23.6 Å². The first-order valence-electron chi connectivity index (χ1n) is 7.67. The maximum absolute atomic E-state index is 13.1. The van der Waals surface area contributed by atoms with Gasteiger partial charge in [0.25, 0.3) is 11.2 Å². The highest BCUT2D eigenvalue weighted by atomic mass is 19.1. The third-order valence-corrected chi connectivity index (χ3v) is 3.70. The van der Waals surface area contributed by atoms with Gasteiger partial charge in [-0.15, -0.1) is 0 Å². The van der Waals surface area contributed by atoms with Crippen LogP contribution in [0.4, 0.5) is 10.1 Å². The van der Waals surface area contributed by atoms with Gasteiger partial charge in [0.2, 0.25) is 5.91 Å². The number of rotatable bonds is 6. The van der Waals surface area contributed by atoms with Crippen molar-refractivity contribution in [2.45, 2.75) is 26.4 Å². The largest absolute Gasteiger partial charge is 0.347 e. The summed E-state index contributed by atoms with van der Waals surface area (Å²) < 4.78 is 14.0. The minimum Gasteiger partial charge on any atom is -0.347 e. The van der Waals surface area contributed by atoms with Crippen molar-refractivity contribution in [3.8, 4) is 0 Å². The van der Waals surface area contributed by atoms with E-state index in [0.717, 1.165) is 28.5 Å². The van der Waals surface area contributed by atoms with Gasteiger partial charge in [-0.3, -0.25) is 24.3 Å². The highest BCUT2D eigenvalue weighted by molar-refractivity contribution is 5.76. The number of hydrogen-bond acceptors (Lipinski definition) is 4. The number of nitrogens with one attached hydrogen (secondary N) is 1. The Kier molecular flexibility index (Phi) is 5.63. The molecule has 0 saturated heterocycles. The van der Waals surface area contributed by atoms with E-state index in [1.54, 1.807) is 12.1 Å². The molecule has 0 spiro atoms. The van der Waals surface area contributed by atoms with Crippen LogP contribution in [0.2, 0.25) is 0 Å². The zero-order chi connectivity index (χ0) is 18.6. The molecule has 1 atom stereocenters. The van der Waals surface area contributed by atoms with Crippen LogP contribution in [0.25, 0.3) is 0 Å². The first-order chi connectivity index (χ1) is 11.8. The maximum Gasteiger partial charge on any atom is 0.285 e. The average Bonchev–Trinajstić information content (AvgIpc) is 2.55. The Morgan fingerprint density at radius 2 is 1.88 bits per heavy atom. The highest BCUT2D eigenvalue weighted by Gasteiger charge is 2.19. The minimum atomic E-state index is -0.636. The molecule has 0 aliphatic heterocycles. The Morgan fingerprint density at radius 3 is 2.44 bits per heavy atom. The molecule has 1 aromatic heterocycles. The van der Waals surface area contributed by atoms with Crippen LogP contribution < -0.4 is 10.9 Å². The van der Waals surface area contributed by atoms with Gasteiger partial charge in [0.05, 0.1) is 17.2 Å². The third kappa shape index (κ3) is 4.72. The van der Waals surface area contributed by atoms with Gasteiger partial charge in [0, 0.05) is 12.1 Å². The second kappa shape index (κ2) is 7.69. The second-order valence-electron chi connectivity index (χ2n) is 5.95. The van der Waals surface area contributed by atoms with E-state index in [9.17, 15) is 24.1 Å². The number of nitro groups is 1. The molecule has 0 aliphatic rings. The van der Waals surface area contributed by atoms with E-state index in [2.05, 4.69) is 5.32 Å². The van der Waals surface area contributed by atoms with Crippen LogP contribution in [0.5, 0.6) is 0 Å². The topological polar surface area (TPSA) is 94.2 Å². The summed E-state index contributed by atoms with van der Waals surface area (Å²) in [6, 6.07) is 7.54. The molecule has 2 aromatic rings. The normalized spacial score (nSPS) is 12.0. The van der Waals surface area contributed by atoms with Crippen molar-refractivity contribution >= 4 is 11.6 Å². The van der Waals surface area contributed by atoms with E-state index in [0.29, 0.717) is 0 Å². The van der Waals surface area contributed by atoms with Gasteiger partial charge >= 0.3 is 0 Å². The van der Waals surface area contributed by atoms with Gasteiger partial charge in [-0.1, -0.05) is 26.0 Å². The molecule has 8 heteroatoms. The summed E-state index contributed by atoms with van der Waals surface area (Å²) in [4.78, 5) is 34.2. The minimum absolute atomic E-state index is 0.0243. The average molecular weight is 347 g/mol. The van der Waals surface area contributed by atoms with Crippen molar-refractivity contribution in [3.05, 3.63) is 74.4 Å². The molecule has 1 unspecified atom stereocenters. The summed E-state index contributed by atoms with van der Waals surface area (Å²) in [5, 5.41) is 13.6. The fourth-order valence-electron chi connectivity index (χ4n) is 2.43. The lowest BCUT2D eigenvalue weighted by molar-refractivity contribution is -0.385. The Bertz CT molecular complexity index is 831. The quantitative estimate of drug-likeness (QED) is 0.641. The lowest BCUT2D eigenvalue weighted by Crippen LogP contribution is -2.36. The van der Waals surface area contributed by atoms with E-state index in [4.69, 9.17) is 0 Å². The molecule has 25 heavy (non-hydrogen) atoms. The van der Waals surface area contributed by atoms with Gasteiger partial charge in [-0.2, -0.15) is 0 Å². The first-order valence-corrected chi connectivity index (χ1v) is 7.67. The Hall–Kier alpha value is -3.03. The van der Waals surface area contributed by atoms with E-state index < -0.39 is 16.4 Å². The summed E-state index contributed by atoms with van der Waals surface area (Å²) in [5.74, 6) is -0.817. The SMILES string of the molecule is CC(C)C(NC(=O)Cn1cc([N+](=O)[O-])ccc1=O)c1ccc(F)cc1. The van der Waals surface area contributed by atoms with Crippen LogP contribution in [0.3, 0.4) is 0 Å². The molecule has 1 amide bonds. The smallest absolute Gasteiger partial charge is 0.285 e. The summed E-state index contributed by atoms with van der Waals surface area (Å²) in [6.45, 7) is 3.45. The molecule has 1 N–H and O–H groups in total. The molecule has 1 aromatic carbocycles. The number of carbonyl (C=O) groups is 1. The molecule has 0 bridgehead atoms. The third-order valence-electron chi connectivity index (χ3n) is 3.70. The van der Waals surface area contributed by atoms with Crippen LogP contribution in [0.15, 0.2) is 47.4 Å². The predicted molar refractivity (Wildman–Crippen MR) is 89.5 cm³/mol. The zero-order valence-electron chi connectivity index (χ0n) is 13.8. The number of carbonyl (C=O) groups excluding carboxylic acids is 1. The first kappa shape index (κ1) is 18.3.